The quantitative estimate of drug-likeness (QED) is 0.207. The highest BCUT2D eigenvalue weighted by Crippen LogP contribution is 2.48. The van der Waals surface area contributed by atoms with Crippen LogP contribution in [0.3, 0.4) is 0 Å². The molecule has 0 spiro atoms. The Hall–Kier alpha value is -4.30. The molecule has 0 aliphatic rings. The predicted octanol–water partition coefficient (Wildman–Crippen LogP) is 11.7. The summed E-state index contributed by atoms with van der Waals surface area (Å²) in [6.07, 6.45) is 0. The van der Waals surface area contributed by atoms with E-state index in [4.69, 9.17) is 8.39 Å². The third-order valence-corrected chi connectivity index (χ3v) is 10.4. The fraction of sp³-hybridized carbons (Fsp3) is 0.158. The summed E-state index contributed by atoms with van der Waals surface area (Å²) in [5, 5.41) is 6.89. The highest BCUT2D eigenvalue weighted by atomic mass is 31.1. The minimum atomic E-state index is -1.56. The lowest BCUT2D eigenvalue weighted by Gasteiger charge is -2.33. The number of aryl methyl sites for hydroxylation is 2. The monoisotopic (exact) mass is 567 g/mol. The van der Waals surface area contributed by atoms with Crippen molar-refractivity contribution in [2.24, 2.45) is 0 Å². The van der Waals surface area contributed by atoms with E-state index in [1.165, 1.54) is 43.8 Å². The van der Waals surface area contributed by atoms with Gasteiger partial charge in [0.05, 0.1) is 0 Å². The van der Waals surface area contributed by atoms with Gasteiger partial charge in [-0.05, 0) is 83.6 Å². The molecule has 6 aromatic carbocycles. The van der Waals surface area contributed by atoms with Gasteiger partial charge >= 0.3 is 8.16 Å². The molecule has 1 aromatic heterocycles. The molecule has 0 fully saturated rings. The van der Waals surface area contributed by atoms with Crippen molar-refractivity contribution in [1.82, 2.24) is 0 Å². The first kappa shape index (κ1) is 26.6. The normalized spacial score (nSPS) is 13.3. The molecule has 0 amide bonds. The van der Waals surface area contributed by atoms with Gasteiger partial charge in [0.15, 0.2) is 0 Å². The van der Waals surface area contributed by atoms with E-state index < -0.39 is 8.16 Å². The zero-order valence-corrected chi connectivity index (χ0v) is 25.3. The smallest absolute Gasteiger partial charge is 0.310 e. The van der Waals surface area contributed by atoms with Gasteiger partial charge in [-0.25, -0.2) is 0 Å². The van der Waals surface area contributed by atoms with E-state index in [1.807, 2.05) is 0 Å². The summed E-state index contributed by atoms with van der Waals surface area (Å²) in [6, 6.07) is 43.1. The van der Waals surface area contributed by atoms with E-state index in [2.05, 4.69) is 154 Å². The summed E-state index contributed by atoms with van der Waals surface area (Å²) < 4.78 is 16.6. The molecule has 0 aliphatic heterocycles. The van der Waals surface area contributed by atoms with E-state index in [0.29, 0.717) is 0 Å². The lowest BCUT2D eigenvalue weighted by molar-refractivity contribution is 0.556. The van der Waals surface area contributed by atoms with E-state index >= 15 is 0 Å². The fourth-order valence-electron chi connectivity index (χ4n) is 6.47. The highest BCUT2D eigenvalue weighted by Gasteiger charge is 2.30. The lowest BCUT2D eigenvalue weighted by Crippen LogP contribution is -2.28. The third kappa shape index (κ3) is 4.50. The first-order chi connectivity index (χ1) is 20.5. The molecule has 7 aromatic rings. The lowest BCUT2D eigenvalue weighted by atomic mass is 9.98. The molecule has 0 saturated heterocycles. The third-order valence-electron chi connectivity index (χ3n) is 8.64. The minimum Gasteiger partial charge on any atom is -0.408 e. The van der Waals surface area contributed by atoms with E-state index in [0.717, 1.165) is 21.9 Å². The van der Waals surface area contributed by atoms with Gasteiger partial charge in [-0.2, -0.15) is 4.67 Å². The minimum absolute atomic E-state index is 0.0397. The molecular formula is C38H34NO2P. The molecule has 7 rings (SSSR count). The van der Waals surface area contributed by atoms with Gasteiger partial charge in [-0.1, -0.05) is 109 Å². The van der Waals surface area contributed by atoms with Crippen LogP contribution in [0.15, 0.2) is 130 Å². The van der Waals surface area contributed by atoms with Crippen molar-refractivity contribution in [3.05, 3.63) is 144 Å². The van der Waals surface area contributed by atoms with Crippen LogP contribution >= 0.6 is 8.16 Å². The summed E-state index contributed by atoms with van der Waals surface area (Å²) in [6.45, 7) is 8.93. The van der Waals surface area contributed by atoms with Crippen LogP contribution in [0.1, 0.15) is 48.2 Å². The Kier molecular flexibility index (Phi) is 6.86. The Morgan fingerprint density at radius 1 is 0.500 bits per heavy atom. The topological polar surface area (TPSA) is 29.5 Å². The maximum atomic E-state index is 7.09. The van der Waals surface area contributed by atoms with E-state index in [9.17, 15) is 0 Å². The zero-order valence-electron chi connectivity index (χ0n) is 24.4. The van der Waals surface area contributed by atoms with E-state index in [1.54, 1.807) is 0 Å². The van der Waals surface area contributed by atoms with Gasteiger partial charge in [0, 0.05) is 22.9 Å². The molecule has 2 atom stereocenters. The summed E-state index contributed by atoms with van der Waals surface area (Å²) in [7, 11) is -1.56. The molecule has 208 valence electrons. The van der Waals surface area contributed by atoms with Crippen LogP contribution in [0.5, 0.6) is 0 Å². The van der Waals surface area contributed by atoms with Crippen molar-refractivity contribution >= 4 is 51.6 Å². The van der Waals surface area contributed by atoms with Crippen molar-refractivity contribution in [1.29, 1.82) is 0 Å². The van der Waals surface area contributed by atoms with Gasteiger partial charge in [0.2, 0.25) is 0 Å². The SMILES string of the molecule is Cc1ccccc1[C@H](C)N([C@@H](C)c1ccccc1C)p1oc2ccc3ccccc3c2c2c(ccc3ccccc32)o1. The molecule has 42 heavy (non-hydrogen) atoms. The summed E-state index contributed by atoms with van der Waals surface area (Å²) >= 11 is 0. The Balaban J connectivity index is 1.60. The molecular weight excluding hydrogens is 533 g/mol. The second-order valence-corrected chi connectivity index (χ2v) is 12.5. The molecule has 4 heteroatoms. The van der Waals surface area contributed by atoms with Crippen molar-refractivity contribution in [2.45, 2.75) is 39.8 Å². The summed E-state index contributed by atoms with van der Waals surface area (Å²) in [4.78, 5) is 0. The van der Waals surface area contributed by atoms with Crippen molar-refractivity contribution in [2.75, 3.05) is 4.67 Å². The van der Waals surface area contributed by atoms with Crippen LogP contribution < -0.4 is 4.67 Å². The van der Waals surface area contributed by atoms with Crippen molar-refractivity contribution in [3.63, 3.8) is 0 Å². The number of fused-ring (bicyclic) bond motifs is 7. The number of nitrogens with zero attached hydrogens (tertiary/aromatic N) is 1. The van der Waals surface area contributed by atoms with Gasteiger partial charge < -0.3 is 8.39 Å². The molecule has 0 saturated carbocycles. The maximum Gasteiger partial charge on any atom is 0.310 e. The van der Waals surface area contributed by atoms with Crippen LogP contribution in [-0.4, -0.2) is 0 Å². The Morgan fingerprint density at radius 2 is 0.905 bits per heavy atom. The van der Waals surface area contributed by atoms with Crippen LogP contribution in [0, 0.1) is 13.8 Å². The molecule has 0 aliphatic carbocycles. The largest absolute Gasteiger partial charge is 0.408 e. The second-order valence-electron chi connectivity index (χ2n) is 11.2. The maximum absolute atomic E-state index is 7.09. The molecule has 0 bridgehead atoms. The predicted molar refractivity (Wildman–Crippen MR) is 179 cm³/mol. The van der Waals surface area contributed by atoms with Gasteiger partial charge in [0.1, 0.15) is 11.2 Å². The highest BCUT2D eigenvalue weighted by molar-refractivity contribution is 7.39. The molecule has 1 heterocycles. The van der Waals surface area contributed by atoms with Crippen LogP contribution in [-0.2, 0) is 0 Å². The Labute approximate surface area is 247 Å². The Morgan fingerprint density at radius 3 is 1.36 bits per heavy atom. The first-order valence-corrected chi connectivity index (χ1v) is 15.7. The average molecular weight is 568 g/mol. The second kappa shape index (κ2) is 10.8. The van der Waals surface area contributed by atoms with Crippen molar-refractivity contribution < 1.29 is 8.39 Å². The Bertz CT molecular complexity index is 1980. The van der Waals surface area contributed by atoms with E-state index in [-0.39, 0.29) is 12.1 Å². The summed E-state index contributed by atoms with van der Waals surface area (Å²) in [5.41, 5.74) is 6.77. The fourth-order valence-corrected chi connectivity index (χ4v) is 8.15. The molecule has 3 nitrogen and oxygen atoms in total. The number of hydrogen-bond acceptors (Lipinski definition) is 3. The molecule has 0 unspecified atom stereocenters. The number of hydrogen-bond donors (Lipinski definition) is 0. The number of benzene rings is 6. The van der Waals surface area contributed by atoms with Crippen molar-refractivity contribution in [3.8, 4) is 0 Å². The zero-order chi connectivity index (χ0) is 28.8. The molecule has 0 radical (unpaired) electrons. The number of rotatable bonds is 5. The average Bonchev–Trinajstić information content (AvgIpc) is 3.18. The standard InChI is InChI=1S/C38H34NO2P/c1-25-13-5-9-17-31(25)27(3)39(28(4)32-18-10-6-14-26(32)2)42-40-35-23-21-29-15-7-11-19-33(29)37(35)38-34-20-12-8-16-30(34)22-24-36(38)41-42/h5-24,27-28H,1-4H3/t27-,28-/m0/s1. The van der Waals surface area contributed by atoms with Gasteiger partial charge in [-0.3, -0.25) is 0 Å². The molecule has 0 N–H and O–H groups in total. The summed E-state index contributed by atoms with van der Waals surface area (Å²) in [5.74, 6) is 0. The van der Waals surface area contributed by atoms with Crippen LogP contribution in [0.4, 0.5) is 0 Å². The first-order valence-electron chi connectivity index (χ1n) is 14.6. The van der Waals surface area contributed by atoms with Crippen LogP contribution in [0.2, 0.25) is 0 Å². The van der Waals surface area contributed by atoms with Gasteiger partial charge in [-0.15, -0.1) is 0 Å². The van der Waals surface area contributed by atoms with Crippen LogP contribution in [0.25, 0.3) is 43.5 Å². The van der Waals surface area contributed by atoms with Gasteiger partial charge in [0.25, 0.3) is 0 Å².